The van der Waals surface area contributed by atoms with Crippen molar-refractivity contribution in [3.8, 4) is 0 Å². The van der Waals surface area contributed by atoms with Crippen molar-refractivity contribution >= 4 is 39.1 Å². The van der Waals surface area contributed by atoms with E-state index in [-0.39, 0.29) is 6.04 Å². The quantitative estimate of drug-likeness (QED) is 0.840. The highest BCUT2D eigenvalue weighted by Gasteiger charge is 2.13. The van der Waals surface area contributed by atoms with Gasteiger partial charge in [0, 0.05) is 14.5 Å². The van der Waals surface area contributed by atoms with Gasteiger partial charge in [-0.05, 0) is 35.4 Å². The fraction of sp³-hybridized carbons (Fsp3) is 0.0769. The molecule has 0 aromatic heterocycles. The Morgan fingerprint density at radius 1 is 1.06 bits per heavy atom. The second-order valence-electron chi connectivity index (χ2n) is 3.70. The number of halogens is 3. The molecule has 0 aliphatic carbocycles. The standard InChI is InChI=1S/C13H10BrCl2N/c14-9-5-8(6-10(15)7-9)13(17)11-3-1-2-4-12(11)16/h1-7,13H,17H2. The van der Waals surface area contributed by atoms with Gasteiger partial charge in [-0.15, -0.1) is 0 Å². The Morgan fingerprint density at radius 2 is 1.76 bits per heavy atom. The van der Waals surface area contributed by atoms with E-state index in [2.05, 4.69) is 15.9 Å². The number of hydrogen-bond acceptors (Lipinski definition) is 1. The maximum atomic E-state index is 6.19. The summed E-state index contributed by atoms with van der Waals surface area (Å²) >= 11 is 15.5. The molecule has 0 aliphatic rings. The normalized spacial score (nSPS) is 12.5. The summed E-state index contributed by atoms with van der Waals surface area (Å²) in [6.45, 7) is 0. The smallest absolute Gasteiger partial charge is 0.0567 e. The zero-order valence-electron chi connectivity index (χ0n) is 8.83. The maximum Gasteiger partial charge on any atom is 0.0567 e. The number of rotatable bonds is 2. The van der Waals surface area contributed by atoms with E-state index in [0.29, 0.717) is 10.0 Å². The Kier molecular flexibility index (Phi) is 4.10. The molecule has 4 heteroatoms. The van der Waals surface area contributed by atoms with Crippen molar-refractivity contribution in [3.05, 3.63) is 68.1 Å². The zero-order valence-corrected chi connectivity index (χ0v) is 11.9. The molecule has 0 spiro atoms. The van der Waals surface area contributed by atoms with Crippen LogP contribution in [0.5, 0.6) is 0 Å². The number of hydrogen-bond donors (Lipinski definition) is 1. The van der Waals surface area contributed by atoms with E-state index < -0.39 is 0 Å². The highest BCUT2D eigenvalue weighted by molar-refractivity contribution is 9.10. The molecule has 0 amide bonds. The van der Waals surface area contributed by atoms with Gasteiger partial charge in [0.05, 0.1) is 6.04 Å². The first kappa shape index (κ1) is 12.9. The summed E-state index contributed by atoms with van der Waals surface area (Å²) < 4.78 is 0.905. The third-order valence-corrected chi connectivity index (χ3v) is 3.50. The molecule has 0 saturated carbocycles. The Balaban J connectivity index is 2.43. The van der Waals surface area contributed by atoms with Crippen LogP contribution in [0.4, 0.5) is 0 Å². The molecule has 2 aromatic rings. The van der Waals surface area contributed by atoms with Crippen LogP contribution in [0.25, 0.3) is 0 Å². The van der Waals surface area contributed by atoms with Crippen LogP contribution in [0.1, 0.15) is 17.2 Å². The van der Waals surface area contributed by atoms with Gasteiger partial charge in [-0.1, -0.05) is 57.3 Å². The fourth-order valence-corrected chi connectivity index (χ4v) is 2.80. The Labute approximate surface area is 119 Å². The van der Waals surface area contributed by atoms with Gasteiger partial charge in [0.1, 0.15) is 0 Å². The largest absolute Gasteiger partial charge is 0.320 e. The topological polar surface area (TPSA) is 26.0 Å². The van der Waals surface area contributed by atoms with E-state index in [4.69, 9.17) is 28.9 Å². The van der Waals surface area contributed by atoms with Crippen LogP contribution in [0.2, 0.25) is 10.0 Å². The van der Waals surface area contributed by atoms with E-state index in [1.807, 2.05) is 42.5 Å². The lowest BCUT2D eigenvalue weighted by atomic mass is 10.00. The predicted molar refractivity (Wildman–Crippen MR) is 76.6 cm³/mol. The third-order valence-electron chi connectivity index (χ3n) is 2.48. The minimum absolute atomic E-state index is 0.279. The lowest BCUT2D eigenvalue weighted by Crippen LogP contribution is -2.12. The van der Waals surface area contributed by atoms with Crippen LogP contribution in [0, 0.1) is 0 Å². The van der Waals surface area contributed by atoms with Crippen molar-refractivity contribution in [1.82, 2.24) is 0 Å². The van der Waals surface area contributed by atoms with Crippen molar-refractivity contribution in [3.63, 3.8) is 0 Å². The van der Waals surface area contributed by atoms with Gasteiger partial charge in [-0.25, -0.2) is 0 Å². The first-order valence-electron chi connectivity index (χ1n) is 5.04. The fourth-order valence-electron chi connectivity index (χ4n) is 1.66. The van der Waals surface area contributed by atoms with Crippen molar-refractivity contribution in [2.45, 2.75) is 6.04 Å². The van der Waals surface area contributed by atoms with Gasteiger partial charge in [0.25, 0.3) is 0 Å². The lowest BCUT2D eigenvalue weighted by Gasteiger charge is -2.14. The lowest BCUT2D eigenvalue weighted by molar-refractivity contribution is 0.871. The Morgan fingerprint density at radius 3 is 2.41 bits per heavy atom. The first-order chi connectivity index (χ1) is 8.08. The second kappa shape index (κ2) is 5.40. The van der Waals surface area contributed by atoms with Crippen molar-refractivity contribution < 1.29 is 0 Å². The molecule has 88 valence electrons. The van der Waals surface area contributed by atoms with Crippen LogP contribution in [-0.4, -0.2) is 0 Å². The van der Waals surface area contributed by atoms with Crippen LogP contribution < -0.4 is 5.73 Å². The SMILES string of the molecule is NC(c1cc(Cl)cc(Br)c1)c1ccccc1Cl. The van der Waals surface area contributed by atoms with Crippen LogP contribution in [0.15, 0.2) is 46.9 Å². The van der Waals surface area contributed by atoms with Crippen molar-refractivity contribution in [2.24, 2.45) is 5.73 Å². The summed E-state index contributed by atoms with van der Waals surface area (Å²) in [7, 11) is 0. The average molecular weight is 331 g/mol. The van der Waals surface area contributed by atoms with E-state index in [1.54, 1.807) is 0 Å². The molecule has 2 N–H and O–H groups in total. The van der Waals surface area contributed by atoms with Crippen LogP contribution in [0.3, 0.4) is 0 Å². The highest BCUT2D eigenvalue weighted by Crippen LogP contribution is 2.29. The molecule has 0 bridgehead atoms. The molecular formula is C13H10BrCl2N. The minimum Gasteiger partial charge on any atom is -0.320 e. The van der Waals surface area contributed by atoms with Gasteiger partial charge in [-0.3, -0.25) is 0 Å². The Bertz CT molecular complexity index is 522. The molecular weight excluding hydrogens is 321 g/mol. The summed E-state index contributed by atoms with van der Waals surface area (Å²) in [5, 5.41) is 1.31. The second-order valence-corrected chi connectivity index (χ2v) is 5.46. The molecule has 2 rings (SSSR count). The third kappa shape index (κ3) is 3.02. The summed E-state index contributed by atoms with van der Waals surface area (Å²) in [6.07, 6.45) is 0. The van der Waals surface area contributed by atoms with E-state index >= 15 is 0 Å². The first-order valence-corrected chi connectivity index (χ1v) is 6.59. The highest BCUT2D eigenvalue weighted by atomic mass is 79.9. The Hall–Kier alpha value is -0.540. The van der Waals surface area contributed by atoms with Gasteiger partial charge in [0.2, 0.25) is 0 Å². The summed E-state index contributed by atoms with van der Waals surface area (Å²) in [5.41, 5.74) is 8.01. The molecule has 0 aliphatic heterocycles. The molecule has 2 aromatic carbocycles. The van der Waals surface area contributed by atoms with Crippen molar-refractivity contribution in [2.75, 3.05) is 0 Å². The summed E-state index contributed by atoms with van der Waals surface area (Å²) in [5.74, 6) is 0. The monoisotopic (exact) mass is 329 g/mol. The zero-order chi connectivity index (χ0) is 12.4. The molecule has 0 fully saturated rings. The van der Waals surface area contributed by atoms with Gasteiger partial charge in [0.15, 0.2) is 0 Å². The molecule has 1 atom stereocenters. The average Bonchev–Trinajstić information content (AvgIpc) is 2.27. The maximum absolute atomic E-state index is 6.19. The van der Waals surface area contributed by atoms with Gasteiger partial charge < -0.3 is 5.73 Å². The molecule has 0 heterocycles. The van der Waals surface area contributed by atoms with Crippen LogP contribution in [-0.2, 0) is 0 Å². The molecule has 1 unspecified atom stereocenters. The van der Waals surface area contributed by atoms with E-state index in [1.165, 1.54) is 0 Å². The molecule has 0 saturated heterocycles. The molecule has 0 radical (unpaired) electrons. The van der Waals surface area contributed by atoms with Gasteiger partial charge >= 0.3 is 0 Å². The van der Waals surface area contributed by atoms with Crippen LogP contribution >= 0.6 is 39.1 Å². The van der Waals surface area contributed by atoms with Gasteiger partial charge in [-0.2, -0.15) is 0 Å². The predicted octanol–water partition coefficient (Wildman–Crippen LogP) is 4.80. The van der Waals surface area contributed by atoms with E-state index in [9.17, 15) is 0 Å². The molecule has 1 nitrogen and oxygen atoms in total. The van der Waals surface area contributed by atoms with E-state index in [0.717, 1.165) is 15.6 Å². The number of nitrogens with two attached hydrogens (primary N) is 1. The molecule has 17 heavy (non-hydrogen) atoms. The minimum atomic E-state index is -0.279. The summed E-state index contributed by atoms with van der Waals surface area (Å²) in [6, 6.07) is 12.9. The summed E-state index contributed by atoms with van der Waals surface area (Å²) in [4.78, 5) is 0. The van der Waals surface area contributed by atoms with Crippen molar-refractivity contribution in [1.29, 1.82) is 0 Å². The number of benzene rings is 2.